The highest BCUT2D eigenvalue weighted by Crippen LogP contribution is 2.40. The van der Waals surface area contributed by atoms with Gasteiger partial charge >= 0.3 is 0 Å². The fraction of sp³-hybridized carbons (Fsp3) is 0.0714. The summed E-state index contributed by atoms with van der Waals surface area (Å²) in [7, 11) is 0. The Labute approximate surface area is 107 Å². The minimum absolute atomic E-state index is 0.0621. The highest BCUT2D eigenvalue weighted by Gasteiger charge is 2.43. The summed E-state index contributed by atoms with van der Waals surface area (Å²) < 4.78 is 0. The number of carbonyl (C=O) groups is 1. The largest absolute Gasteiger partial charge is 0.289 e. The van der Waals surface area contributed by atoms with Crippen molar-refractivity contribution in [2.45, 2.75) is 6.04 Å². The summed E-state index contributed by atoms with van der Waals surface area (Å²) in [4.78, 5) is 33.6. The molecule has 0 aromatic heterocycles. The van der Waals surface area contributed by atoms with E-state index in [1.165, 1.54) is 6.08 Å². The van der Waals surface area contributed by atoms with Crippen molar-refractivity contribution in [3.63, 3.8) is 0 Å². The Balaban J connectivity index is 2.28. The lowest BCUT2D eigenvalue weighted by molar-refractivity contribution is -0.499. The Morgan fingerprint density at radius 2 is 1.84 bits per heavy atom. The van der Waals surface area contributed by atoms with Crippen LogP contribution in [0.25, 0.3) is 5.57 Å². The number of nitrogens with zero attached hydrogens (tertiary/aromatic N) is 1. The minimum Gasteiger partial charge on any atom is -0.289 e. The van der Waals surface area contributed by atoms with Crippen LogP contribution in [0.3, 0.4) is 0 Å². The molecule has 0 bridgehead atoms. The molecule has 5 heteroatoms. The van der Waals surface area contributed by atoms with E-state index in [2.05, 4.69) is 0 Å². The Kier molecular flexibility index (Phi) is 2.30. The number of allylic oxidation sites excluding steroid dienone is 2. The second-order valence-electron chi connectivity index (χ2n) is 4.28. The zero-order valence-electron chi connectivity index (χ0n) is 9.62. The van der Waals surface area contributed by atoms with E-state index >= 15 is 0 Å². The van der Waals surface area contributed by atoms with E-state index in [1.54, 1.807) is 36.3 Å². The Morgan fingerprint density at radius 3 is 2.47 bits per heavy atom. The number of carbonyl (C=O) groups excluding carboxylic acids is 2. The van der Waals surface area contributed by atoms with E-state index in [4.69, 9.17) is 0 Å². The molecule has 0 saturated heterocycles. The first kappa shape index (κ1) is 11.3. The lowest BCUT2D eigenvalue weighted by atomic mass is 9.90. The van der Waals surface area contributed by atoms with Crippen molar-refractivity contribution in [1.82, 2.24) is 0 Å². The predicted octanol–water partition coefficient (Wildman–Crippen LogP) is 1.61. The van der Waals surface area contributed by atoms with Crippen LogP contribution in [0.15, 0.2) is 47.6 Å². The van der Waals surface area contributed by atoms with E-state index in [0.717, 1.165) is 0 Å². The molecule has 0 fully saturated rings. The first-order chi connectivity index (χ1) is 9.15. The molecule has 5 nitrogen and oxygen atoms in total. The number of hydrogen-bond donors (Lipinski definition) is 0. The van der Waals surface area contributed by atoms with Gasteiger partial charge in [-0.05, 0) is 17.2 Å². The van der Waals surface area contributed by atoms with Crippen molar-refractivity contribution in [3.05, 3.63) is 68.8 Å². The molecule has 0 saturated carbocycles. The Morgan fingerprint density at radius 1 is 1.16 bits per heavy atom. The summed E-state index contributed by atoms with van der Waals surface area (Å²) in [5.74, 6) is 1.16. The molecule has 19 heavy (non-hydrogen) atoms. The van der Waals surface area contributed by atoms with Crippen molar-refractivity contribution in [1.29, 1.82) is 0 Å². The maximum absolute atomic E-state index is 12.3. The molecule has 1 unspecified atom stereocenters. The minimum atomic E-state index is -1.42. The summed E-state index contributed by atoms with van der Waals surface area (Å²) in [6.45, 7) is 0. The fourth-order valence-corrected chi connectivity index (χ4v) is 2.51. The first-order valence-corrected chi connectivity index (χ1v) is 5.60. The van der Waals surface area contributed by atoms with Crippen LogP contribution in [0, 0.1) is 10.1 Å². The molecule has 0 N–H and O–H groups in total. The van der Waals surface area contributed by atoms with Gasteiger partial charge in [0.1, 0.15) is 11.5 Å². The molecule has 0 amide bonds. The normalized spacial score (nSPS) is 20.1. The Hall–Kier alpha value is -2.78. The number of rotatable bonds is 1. The topological polar surface area (TPSA) is 77.3 Å². The summed E-state index contributed by atoms with van der Waals surface area (Å²) in [5, 5.41) is 11.1. The molecule has 2 aliphatic rings. The summed E-state index contributed by atoms with van der Waals surface area (Å²) in [6.07, 6.45) is 2.92. The maximum Gasteiger partial charge on any atom is 0.277 e. The lowest BCUT2D eigenvalue weighted by Gasteiger charge is -2.13. The van der Waals surface area contributed by atoms with Gasteiger partial charge in [0, 0.05) is 10.5 Å². The number of nitro groups is 1. The quantitative estimate of drug-likeness (QED) is 0.432. The smallest absolute Gasteiger partial charge is 0.277 e. The van der Waals surface area contributed by atoms with E-state index in [-0.39, 0.29) is 16.9 Å². The molecular weight excluding hydrogens is 246 g/mol. The van der Waals surface area contributed by atoms with Crippen LogP contribution in [0.1, 0.15) is 15.9 Å². The molecule has 2 aliphatic carbocycles. The van der Waals surface area contributed by atoms with Crippen LogP contribution >= 0.6 is 0 Å². The van der Waals surface area contributed by atoms with Crippen molar-refractivity contribution in [2.24, 2.45) is 0 Å². The van der Waals surface area contributed by atoms with Crippen LogP contribution in [0.5, 0.6) is 0 Å². The van der Waals surface area contributed by atoms with Crippen LogP contribution in [-0.2, 0) is 4.79 Å². The number of benzene rings is 1. The molecule has 92 valence electrons. The zero-order valence-corrected chi connectivity index (χ0v) is 9.62. The monoisotopic (exact) mass is 253 g/mol. The van der Waals surface area contributed by atoms with Gasteiger partial charge in [-0.25, -0.2) is 4.79 Å². The van der Waals surface area contributed by atoms with Crippen molar-refractivity contribution in [2.75, 3.05) is 0 Å². The third kappa shape index (κ3) is 1.42. The van der Waals surface area contributed by atoms with Crippen LogP contribution in [0.2, 0.25) is 0 Å². The fourth-order valence-electron chi connectivity index (χ4n) is 2.51. The molecular formula is C14H7NO4. The van der Waals surface area contributed by atoms with Crippen LogP contribution in [-0.4, -0.2) is 22.7 Å². The van der Waals surface area contributed by atoms with Crippen LogP contribution in [0.4, 0.5) is 0 Å². The summed E-state index contributed by atoms with van der Waals surface area (Å²) in [6, 6.07) is 5.42. The van der Waals surface area contributed by atoms with E-state index < -0.39 is 11.0 Å². The molecule has 1 aromatic rings. The third-order valence-electron chi connectivity index (χ3n) is 3.32. The number of fused-ring (bicyclic) bond motifs is 2. The van der Waals surface area contributed by atoms with Gasteiger partial charge in [-0.1, -0.05) is 30.3 Å². The van der Waals surface area contributed by atoms with Gasteiger partial charge < -0.3 is 0 Å². The van der Waals surface area contributed by atoms with Gasteiger partial charge in [-0.2, -0.15) is 0 Å². The van der Waals surface area contributed by atoms with Gasteiger partial charge in [-0.3, -0.25) is 14.9 Å². The summed E-state index contributed by atoms with van der Waals surface area (Å²) in [5.41, 5.74) is 1.59. The molecule has 0 heterocycles. The molecule has 0 aliphatic heterocycles. The number of hydrogen-bond acceptors (Lipinski definition) is 4. The van der Waals surface area contributed by atoms with Gasteiger partial charge in [0.05, 0.1) is 5.57 Å². The number of Topliss-reactive ketones (excluding diaryl/α,β-unsaturated/α-hetero) is 1. The molecule has 0 spiro atoms. The highest BCUT2D eigenvalue weighted by molar-refractivity contribution is 6.23. The van der Waals surface area contributed by atoms with Crippen molar-refractivity contribution < 1.29 is 14.5 Å². The van der Waals surface area contributed by atoms with Gasteiger partial charge in [-0.15, -0.1) is 0 Å². The van der Waals surface area contributed by atoms with Crippen molar-refractivity contribution in [3.8, 4) is 0 Å². The molecule has 1 atom stereocenters. The van der Waals surface area contributed by atoms with E-state index in [9.17, 15) is 19.7 Å². The molecule has 0 radical (unpaired) electrons. The standard InChI is InChI=1S/C14H7NO4/c16-7-8-5-6-10-9-3-1-2-4-11(9)14(17)12(10)13(8)15(18)19/h1-6,13H. The molecule has 3 rings (SSSR count). The first-order valence-electron chi connectivity index (χ1n) is 5.60. The number of ketones is 1. The van der Waals surface area contributed by atoms with Gasteiger partial charge in [0.25, 0.3) is 6.04 Å². The van der Waals surface area contributed by atoms with Crippen LogP contribution < -0.4 is 0 Å². The Bertz CT molecular complexity index is 736. The predicted molar refractivity (Wildman–Crippen MR) is 66.8 cm³/mol. The van der Waals surface area contributed by atoms with E-state index in [0.29, 0.717) is 16.7 Å². The maximum atomic E-state index is 12.3. The SMILES string of the molecule is O=C=C1C=CC2=C(C(=O)c3ccccc32)C1[N+](=O)[O-]. The second-order valence-corrected chi connectivity index (χ2v) is 4.28. The lowest BCUT2D eigenvalue weighted by Crippen LogP contribution is -2.29. The third-order valence-corrected chi connectivity index (χ3v) is 3.32. The average Bonchev–Trinajstić information content (AvgIpc) is 2.72. The van der Waals surface area contributed by atoms with Gasteiger partial charge in [0.2, 0.25) is 0 Å². The van der Waals surface area contributed by atoms with E-state index in [1.807, 2.05) is 0 Å². The molecule has 1 aromatic carbocycles. The average molecular weight is 253 g/mol. The highest BCUT2D eigenvalue weighted by atomic mass is 16.6. The van der Waals surface area contributed by atoms with Crippen molar-refractivity contribution >= 4 is 17.3 Å². The second kappa shape index (κ2) is 3.86. The summed E-state index contributed by atoms with van der Waals surface area (Å²) >= 11 is 0. The van der Waals surface area contributed by atoms with Gasteiger partial charge in [0.15, 0.2) is 5.78 Å². The zero-order chi connectivity index (χ0) is 13.6.